The van der Waals surface area contributed by atoms with Gasteiger partial charge < -0.3 is 14.6 Å². The topological polar surface area (TPSA) is 62.6 Å². The van der Waals surface area contributed by atoms with Gasteiger partial charge in [-0.3, -0.25) is 9.59 Å². The van der Waals surface area contributed by atoms with Gasteiger partial charge in [-0.15, -0.1) is 0 Å². The Morgan fingerprint density at radius 1 is 1.40 bits per heavy atom. The Balaban J connectivity index is 2.48. The molecule has 5 nitrogen and oxygen atoms in total. The predicted octanol–water partition coefficient (Wildman–Crippen LogP) is 2.44. The van der Waals surface area contributed by atoms with Gasteiger partial charge in [-0.1, -0.05) is 13.3 Å². The Labute approximate surface area is 120 Å². The lowest BCUT2D eigenvalue weighted by Crippen LogP contribution is -2.39. The summed E-state index contributed by atoms with van der Waals surface area (Å²) in [6.45, 7) is 7.07. The van der Waals surface area contributed by atoms with E-state index in [1.165, 1.54) is 12.5 Å². The molecule has 1 heterocycles. The van der Waals surface area contributed by atoms with Crippen LogP contribution < -0.4 is 5.32 Å². The molecule has 0 saturated heterocycles. The lowest BCUT2D eigenvalue weighted by atomic mass is 10.2. The highest BCUT2D eigenvalue weighted by atomic mass is 16.3. The van der Waals surface area contributed by atoms with E-state index in [1.54, 1.807) is 11.0 Å². The van der Waals surface area contributed by atoms with Crippen molar-refractivity contribution in [3.63, 3.8) is 0 Å². The van der Waals surface area contributed by atoms with E-state index in [0.717, 1.165) is 12.8 Å². The summed E-state index contributed by atoms with van der Waals surface area (Å²) in [6.07, 6.45) is 5.26. The van der Waals surface area contributed by atoms with Crippen molar-refractivity contribution in [3.05, 3.63) is 24.2 Å². The molecule has 0 aliphatic carbocycles. The van der Waals surface area contributed by atoms with Crippen LogP contribution in [0, 0.1) is 0 Å². The molecule has 1 aromatic rings. The molecule has 0 spiro atoms. The molecule has 0 aromatic carbocycles. The second kappa shape index (κ2) is 8.40. The number of furan rings is 1. The first-order valence-electron chi connectivity index (χ1n) is 7.16. The van der Waals surface area contributed by atoms with E-state index in [0.29, 0.717) is 25.1 Å². The minimum atomic E-state index is -0.102. The maximum atomic E-state index is 12.3. The van der Waals surface area contributed by atoms with Gasteiger partial charge in [0.15, 0.2) is 0 Å². The van der Waals surface area contributed by atoms with Gasteiger partial charge in [0.25, 0.3) is 5.91 Å². The molecule has 1 N–H and O–H groups in total. The van der Waals surface area contributed by atoms with E-state index in [2.05, 4.69) is 12.2 Å². The van der Waals surface area contributed by atoms with E-state index < -0.39 is 0 Å². The maximum Gasteiger partial charge on any atom is 0.257 e. The van der Waals surface area contributed by atoms with Gasteiger partial charge in [-0.05, 0) is 26.3 Å². The molecule has 0 aliphatic heterocycles. The minimum Gasteiger partial charge on any atom is -0.472 e. The number of nitrogens with one attached hydrogen (secondary N) is 1. The van der Waals surface area contributed by atoms with Crippen molar-refractivity contribution in [2.45, 2.75) is 46.1 Å². The van der Waals surface area contributed by atoms with Gasteiger partial charge in [0.1, 0.15) is 6.26 Å². The zero-order chi connectivity index (χ0) is 15.0. The van der Waals surface area contributed by atoms with Gasteiger partial charge in [0, 0.05) is 25.6 Å². The van der Waals surface area contributed by atoms with Gasteiger partial charge in [0.05, 0.1) is 11.8 Å². The van der Waals surface area contributed by atoms with Crippen LogP contribution >= 0.6 is 0 Å². The van der Waals surface area contributed by atoms with Crippen LogP contribution in [0.3, 0.4) is 0 Å². The van der Waals surface area contributed by atoms with Crippen LogP contribution in [0.5, 0.6) is 0 Å². The number of nitrogens with zero attached hydrogens (tertiary/aromatic N) is 1. The average Bonchev–Trinajstić information content (AvgIpc) is 2.92. The monoisotopic (exact) mass is 280 g/mol. The first kappa shape index (κ1) is 16.3. The Hall–Kier alpha value is -1.78. The molecule has 0 fully saturated rings. The van der Waals surface area contributed by atoms with Gasteiger partial charge in [-0.2, -0.15) is 0 Å². The van der Waals surface area contributed by atoms with Crippen molar-refractivity contribution in [1.82, 2.24) is 10.2 Å². The minimum absolute atomic E-state index is 0.0101. The fourth-order valence-electron chi connectivity index (χ4n) is 1.86. The van der Waals surface area contributed by atoms with Crippen LogP contribution in [-0.2, 0) is 4.79 Å². The second-order valence-electron chi connectivity index (χ2n) is 5.06. The Morgan fingerprint density at radius 2 is 2.15 bits per heavy atom. The van der Waals surface area contributed by atoms with E-state index in [1.807, 2.05) is 13.8 Å². The third kappa shape index (κ3) is 5.07. The summed E-state index contributed by atoms with van der Waals surface area (Å²) >= 11 is 0. The summed E-state index contributed by atoms with van der Waals surface area (Å²) in [4.78, 5) is 25.6. The Morgan fingerprint density at radius 3 is 2.70 bits per heavy atom. The molecule has 1 rings (SSSR count). The largest absolute Gasteiger partial charge is 0.472 e. The van der Waals surface area contributed by atoms with Crippen molar-refractivity contribution >= 4 is 11.8 Å². The first-order chi connectivity index (χ1) is 9.56. The molecule has 0 bridgehead atoms. The fourth-order valence-corrected chi connectivity index (χ4v) is 1.86. The molecule has 20 heavy (non-hydrogen) atoms. The molecular weight excluding hydrogens is 256 g/mol. The fraction of sp³-hybridized carbons (Fsp3) is 0.600. The summed E-state index contributed by atoms with van der Waals surface area (Å²) in [6, 6.07) is 1.68. The number of carbonyl (C=O) groups excluding carboxylic acids is 2. The molecule has 0 atom stereocenters. The zero-order valence-corrected chi connectivity index (χ0v) is 12.5. The van der Waals surface area contributed by atoms with Crippen LogP contribution in [0.2, 0.25) is 0 Å². The highest BCUT2D eigenvalue weighted by Crippen LogP contribution is 2.09. The van der Waals surface area contributed by atoms with E-state index in [4.69, 9.17) is 4.42 Å². The summed E-state index contributed by atoms with van der Waals surface area (Å²) in [5.74, 6) is -0.112. The lowest BCUT2D eigenvalue weighted by molar-refractivity contribution is -0.121. The van der Waals surface area contributed by atoms with Crippen LogP contribution in [0.15, 0.2) is 23.0 Å². The number of unbranched alkanes of at least 4 members (excludes halogenated alkanes) is 1. The first-order valence-corrected chi connectivity index (χ1v) is 7.16. The quantitative estimate of drug-likeness (QED) is 0.744. The molecule has 5 heteroatoms. The summed E-state index contributed by atoms with van der Waals surface area (Å²) < 4.78 is 4.93. The highest BCUT2D eigenvalue weighted by Gasteiger charge is 2.20. The molecule has 112 valence electrons. The van der Waals surface area contributed by atoms with Gasteiger partial charge in [-0.25, -0.2) is 0 Å². The van der Waals surface area contributed by atoms with Crippen LogP contribution in [0.4, 0.5) is 0 Å². The Kier molecular flexibility index (Phi) is 6.84. The van der Waals surface area contributed by atoms with Crippen molar-refractivity contribution < 1.29 is 14.0 Å². The van der Waals surface area contributed by atoms with Crippen molar-refractivity contribution in [2.75, 3.05) is 13.1 Å². The number of hydrogen-bond donors (Lipinski definition) is 1. The number of carbonyl (C=O) groups is 2. The third-order valence-electron chi connectivity index (χ3n) is 3.08. The molecule has 1 aromatic heterocycles. The molecule has 2 amide bonds. The van der Waals surface area contributed by atoms with E-state index in [-0.39, 0.29) is 17.9 Å². The summed E-state index contributed by atoms with van der Waals surface area (Å²) in [5.41, 5.74) is 0.519. The molecule has 0 saturated carbocycles. The SMILES string of the molecule is CCCCNC(=O)CCN(C(=O)c1ccoc1)C(C)C. The average molecular weight is 280 g/mol. The molecular formula is C15H24N2O3. The second-order valence-corrected chi connectivity index (χ2v) is 5.06. The zero-order valence-electron chi connectivity index (χ0n) is 12.5. The number of rotatable bonds is 8. The van der Waals surface area contributed by atoms with Crippen LogP contribution in [0.1, 0.15) is 50.4 Å². The standard InChI is InChI=1S/C15H24N2O3/c1-4-5-8-16-14(18)6-9-17(12(2)3)15(19)13-7-10-20-11-13/h7,10-12H,4-6,8-9H2,1-3H3,(H,16,18). The van der Waals surface area contributed by atoms with Crippen molar-refractivity contribution in [3.8, 4) is 0 Å². The molecule has 0 aliphatic rings. The van der Waals surface area contributed by atoms with Crippen LogP contribution in [0.25, 0.3) is 0 Å². The summed E-state index contributed by atoms with van der Waals surface area (Å²) in [5, 5.41) is 2.86. The third-order valence-corrected chi connectivity index (χ3v) is 3.08. The van der Waals surface area contributed by atoms with E-state index >= 15 is 0 Å². The predicted molar refractivity (Wildman–Crippen MR) is 77.4 cm³/mol. The smallest absolute Gasteiger partial charge is 0.257 e. The molecule has 0 radical (unpaired) electrons. The van der Waals surface area contributed by atoms with Gasteiger partial charge >= 0.3 is 0 Å². The highest BCUT2D eigenvalue weighted by molar-refractivity contribution is 5.94. The Bertz CT molecular complexity index is 413. The molecule has 0 unspecified atom stereocenters. The summed E-state index contributed by atoms with van der Waals surface area (Å²) in [7, 11) is 0. The van der Waals surface area contributed by atoms with Crippen LogP contribution in [-0.4, -0.2) is 35.8 Å². The van der Waals surface area contributed by atoms with E-state index in [9.17, 15) is 9.59 Å². The lowest BCUT2D eigenvalue weighted by Gasteiger charge is -2.26. The normalized spacial score (nSPS) is 10.6. The number of amides is 2. The van der Waals surface area contributed by atoms with Crippen molar-refractivity contribution in [2.24, 2.45) is 0 Å². The van der Waals surface area contributed by atoms with Crippen molar-refractivity contribution in [1.29, 1.82) is 0 Å². The maximum absolute atomic E-state index is 12.3. The number of hydrogen-bond acceptors (Lipinski definition) is 3. The van der Waals surface area contributed by atoms with Gasteiger partial charge in [0.2, 0.25) is 5.91 Å².